The maximum Gasteiger partial charge on any atom is 0.407 e. The van der Waals surface area contributed by atoms with Gasteiger partial charge in [0.2, 0.25) is 5.91 Å². The minimum atomic E-state index is -1.44. The van der Waals surface area contributed by atoms with Crippen molar-refractivity contribution >= 4 is 17.8 Å². The third-order valence-electron chi connectivity index (χ3n) is 13.8. The lowest BCUT2D eigenvalue weighted by Crippen LogP contribution is -2.51. The zero-order valence-corrected chi connectivity index (χ0v) is 31.1. The van der Waals surface area contributed by atoms with E-state index in [-0.39, 0.29) is 23.9 Å². The van der Waals surface area contributed by atoms with E-state index in [1.165, 1.54) is 62.8 Å². The van der Waals surface area contributed by atoms with Gasteiger partial charge in [-0.2, -0.15) is 4.98 Å². The number of aromatic nitrogens is 2. The Labute approximate surface area is 301 Å². The van der Waals surface area contributed by atoms with E-state index in [0.717, 1.165) is 59.8 Å². The van der Waals surface area contributed by atoms with E-state index in [4.69, 9.17) is 9.47 Å². The van der Waals surface area contributed by atoms with E-state index in [1.807, 2.05) is 0 Å². The molecule has 12 atom stereocenters. The van der Waals surface area contributed by atoms with Gasteiger partial charge >= 0.3 is 11.8 Å². The van der Waals surface area contributed by atoms with Crippen LogP contribution in [0.4, 0.5) is 10.6 Å². The molecule has 4 unspecified atom stereocenters. The molecule has 0 spiro atoms. The number of ether oxygens (including phenoxy) is 2. The Balaban J connectivity index is 0.981. The van der Waals surface area contributed by atoms with Crippen molar-refractivity contribution in [1.82, 2.24) is 14.9 Å². The molecule has 0 radical (unpaired) electrons. The van der Waals surface area contributed by atoms with Gasteiger partial charge in [0.05, 0.1) is 6.61 Å². The van der Waals surface area contributed by atoms with Gasteiger partial charge in [-0.25, -0.2) is 9.59 Å². The van der Waals surface area contributed by atoms with Crippen molar-refractivity contribution in [2.24, 2.45) is 46.3 Å². The molecule has 2 amide bonds. The van der Waals surface area contributed by atoms with Crippen LogP contribution in [0.1, 0.15) is 111 Å². The first-order valence-electron chi connectivity index (χ1n) is 19.4. The van der Waals surface area contributed by atoms with E-state index >= 15 is 0 Å². The summed E-state index contributed by atoms with van der Waals surface area (Å²) in [6, 6.07) is 1.33. The Hall–Kier alpha value is -2.80. The van der Waals surface area contributed by atoms with Crippen LogP contribution in [-0.2, 0) is 14.3 Å². The van der Waals surface area contributed by atoms with Crippen molar-refractivity contribution in [1.29, 1.82) is 0 Å². The number of nitrogens with zero attached hydrogens (tertiary/aromatic N) is 2. The molecule has 51 heavy (non-hydrogen) atoms. The van der Waals surface area contributed by atoms with Crippen LogP contribution in [0, 0.1) is 46.3 Å². The van der Waals surface area contributed by atoms with Crippen LogP contribution in [0.2, 0.25) is 0 Å². The van der Waals surface area contributed by atoms with Crippen molar-refractivity contribution in [2.45, 2.75) is 136 Å². The van der Waals surface area contributed by atoms with Crippen LogP contribution < -0.4 is 16.3 Å². The van der Waals surface area contributed by atoms with Gasteiger partial charge in [0.25, 0.3) is 0 Å². The molecule has 0 aromatic carbocycles. The number of rotatable bonds is 11. The van der Waals surface area contributed by atoms with E-state index in [9.17, 15) is 29.7 Å². The number of carbonyl (C=O) groups excluding carboxylic acids is 2. The highest BCUT2D eigenvalue weighted by atomic mass is 16.6. The molecule has 4 aliphatic carbocycles. The van der Waals surface area contributed by atoms with Gasteiger partial charge in [0.15, 0.2) is 6.23 Å². The smallest absolute Gasteiger partial charge is 0.407 e. The Bertz CT molecular complexity index is 1510. The fourth-order valence-corrected chi connectivity index (χ4v) is 11.1. The normalized spacial score (nSPS) is 37.9. The molecule has 284 valence electrons. The first-order chi connectivity index (χ1) is 24.2. The molecule has 0 bridgehead atoms. The van der Waals surface area contributed by atoms with Gasteiger partial charge in [0.1, 0.15) is 36.8 Å². The first-order valence-corrected chi connectivity index (χ1v) is 19.4. The number of amides is 2. The first kappa shape index (κ1) is 37.9. The summed E-state index contributed by atoms with van der Waals surface area (Å²) in [6.07, 6.45) is 10.8. The van der Waals surface area contributed by atoms with Gasteiger partial charge in [-0.1, -0.05) is 65.5 Å². The van der Waals surface area contributed by atoms with Crippen molar-refractivity contribution in [3.05, 3.63) is 34.4 Å². The predicted octanol–water partition coefficient (Wildman–Crippen LogP) is 4.93. The maximum absolute atomic E-state index is 12.8. The quantitative estimate of drug-likeness (QED) is 0.200. The molecular formula is C39H60N4O8. The zero-order valence-electron chi connectivity index (χ0n) is 31.1. The SMILES string of the molecule is CC(C)CCC[C@@H](C)[C@H]1CCC2C3CC=C4CC(OC(=O)NCC(=O)Nc5ccn([C@@H]6O[C@H](CO)[C@@H](O)[C@@H]6O)c(=O)n5)CC[C@]4(C)C3CC[C@@]21C. The van der Waals surface area contributed by atoms with Crippen molar-refractivity contribution < 1.29 is 34.4 Å². The Kier molecular flexibility index (Phi) is 11.4. The summed E-state index contributed by atoms with van der Waals surface area (Å²) in [5.41, 5.74) is 1.19. The second-order valence-corrected chi connectivity index (χ2v) is 17.2. The zero-order chi connectivity index (χ0) is 36.7. The summed E-state index contributed by atoms with van der Waals surface area (Å²) in [4.78, 5) is 41.7. The van der Waals surface area contributed by atoms with E-state index in [1.54, 1.807) is 0 Å². The average Bonchev–Trinajstić information content (AvgIpc) is 3.59. The summed E-state index contributed by atoms with van der Waals surface area (Å²) >= 11 is 0. The number of hydrogen-bond donors (Lipinski definition) is 5. The van der Waals surface area contributed by atoms with E-state index in [2.05, 4.69) is 56.3 Å². The second-order valence-electron chi connectivity index (χ2n) is 17.2. The molecule has 4 fully saturated rings. The average molecular weight is 713 g/mol. The lowest BCUT2D eigenvalue weighted by atomic mass is 9.47. The maximum atomic E-state index is 12.8. The Morgan fingerprint density at radius 2 is 1.86 bits per heavy atom. The number of carbonyl (C=O) groups is 2. The predicted molar refractivity (Wildman–Crippen MR) is 191 cm³/mol. The molecule has 12 heteroatoms. The van der Waals surface area contributed by atoms with Crippen LogP contribution in [0.15, 0.2) is 28.7 Å². The molecule has 1 aromatic heterocycles. The Morgan fingerprint density at radius 3 is 2.57 bits per heavy atom. The molecule has 6 rings (SSSR count). The molecule has 1 saturated heterocycles. The lowest BCUT2D eigenvalue weighted by molar-refractivity contribution is -0.115. The highest BCUT2D eigenvalue weighted by Crippen LogP contribution is 2.67. The molecule has 3 saturated carbocycles. The molecule has 1 aliphatic heterocycles. The molecule has 5 aliphatic rings. The van der Waals surface area contributed by atoms with Gasteiger partial charge in [-0.05, 0) is 97.3 Å². The third kappa shape index (κ3) is 7.53. The topological polar surface area (TPSA) is 172 Å². The standard InChI is InChI=1S/C39H60N4O8/c1-22(2)7-6-8-23(3)27-11-12-28-26-10-9-24-19-25(13-16-38(24,4)29(26)14-17-39(27,28)5)50-37(49)40-20-32(45)41-31-15-18-43(36(48)42-31)35-34(47)33(46)30(21-44)51-35/h9,15,18,22-23,25-30,33-35,44,46-47H,6-8,10-14,16-17,19-21H2,1-5H3,(H,40,49)(H,41,42,45,48)/t23-,25?,26?,27-,28?,29?,30-,33-,34+,35-,38+,39-/m1/s1. The summed E-state index contributed by atoms with van der Waals surface area (Å²) in [7, 11) is 0. The van der Waals surface area contributed by atoms with Crippen molar-refractivity contribution in [2.75, 3.05) is 18.5 Å². The molecule has 12 nitrogen and oxygen atoms in total. The summed E-state index contributed by atoms with van der Waals surface area (Å²) in [5.74, 6) is 3.98. The second kappa shape index (κ2) is 15.3. The van der Waals surface area contributed by atoms with Crippen molar-refractivity contribution in [3.63, 3.8) is 0 Å². The minimum absolute atomic E-state index is 0.0513. The molecule has 5 N–H and O–H groups in total. The van der Waals surface area contributed by atoms with Crippen LogP contribution in [0.5, 0.6) is 0 Å². The van der Waals surface area contributed by atoms with Gasteiger partial charge in [-0.15, -0.1) is 0 Å². The van der Waals surface area contributed by atoms with Crippen LogP contribution in [-0.4, -0.2) is 74.4 Å². The largest absolute Gasteiger partial charge is 0.446 e. The minimum Gasteiger partial charge on any atom is -0.446 e. The third-order valence-corrected chi connectivity index (χ3v) is 13.8. The molecule has 1 aromatic rings. The monoisotopic (exact) mass is 712 g/mol. The number of aliphatic hydroxyl groups is 3. The fraction of sp³-hybridized carbons (Fsp3) is 0.795. The number of nitrogens with one attached hydrogen (secondary N) is 2. The highest BCUT2D eigenvalue weighted by Gasteiger charge is 2.59. The number of hydrogen-bond acceptors (Lipinski definition) is 9. The number of allylic oxidation sites excluding steroid dienone is 1. The fourth-order valence-electron chi connectivity index (χ4n) is 11.1. The molecular weight excluding hydrogens is 652 g/mol. The van der Waals surface area contributed by atoms with Crippen LogP contribution in [0.3, 0.4) is 0 Å². The van der Waals surface area contributed by atoms with Crippen LogP contribution in [0.25, 0.3) is 0 Å². The summed E-state index contributed by atoms with van der Waals surface area (Å²) in [6.45, 7) is 11.4. The number of anilines is 1. The summed E-state index contributed by atoms with van der Waals surface area (Å²) < 4.78 is 12.2. The Morgan fingerprint density at radius 1 is 1.08 bits per heavy atom. The lowest BCUT2D eigenvalue weighted by Gasteiger charge is -2.58. The molecule has 2 heterocycles. The number of aliphatic hydroxyl groups excluding tert-OH is 3. The van der Waals surface area contributed by atoms with E-state index < -0.39 is 48.8 Å². The van der Waals surface area contributed by atoms with Gasteiger partial charge in [-0.3, -0.25) is 9.36 Å². The number of fused-ring (bicyclic) bond motifs is 5. The van der Waals surface area contributed by atoms with Crippen LogP contribution >= 0.6 is 0 Å². The highest BCUT2D eigenvalue weighted by molar-refractivity contribution is 5.92. The van der Waals surface area contributed by atoms with Crippen molar-refractivity contribution in [3.8, 4) is 0 Å². The number of alkyl carbamates (subject to hydrolysis) is 1. The van der Waals surface area contributed by atoms with E-state index in [0.29, 0.717) is 11.3 Å². The van der Waals surface area contributed by atoms with Gasteiger partial charge < -0.3 is 35.4 Å². The summed E-state index contributed by atoms with van der Waals surface area (Å²) in [5, 5.41) is 34.5. The van der Waals surface area contributed by atoms with Gasteiger partial charge in [0, 0.05) is 12.6 Å².